The maximum Gasteiger partial charge on any atom is 0.335 e. The van der Waals surface area contributed by atoms with Gasteiger partial charge in [-0.2, -0.15) is 5.21 Å². The number of rotatable bonds is 9. The van der Waals surface area contributed by atoms with Crippen LogP contribution < -0.4 is 10.6 Å². The Hall–Kier alpha value is -4.62. The Bertz CT molecular complexity index is 1400. The van der Waals surface area contributed by atoms with Crippen molar-refractivity contribution in [3.05, 3.63) is 64.7 Å². The van der Waals surface area contributed by atoms with Gasteiger partial charge in [0.05, 0.1) is 12.0 Å². The zero-order chi connectivity index (χ0) is 28.6. The van der Waals surface area contributed by atoms with Crippen molar-refractivity contribution in [2.45, 2.75) is 12.5 Å². The van der Waals surface area contributed by atoms with Crippen LogP contribution in [0.1, 0.15) is 22.3 Å². The minimum absolute atomic E-state index is 0.0550. The van der Waals surface area contributed by atoms with Crippen molar-refractivity contribution in [3.63, 3.8) is 0 Å². The number of anilines is 1. The number of halogens is 1. The van der Waals surface area contributed by atoms with Crippen LogP contribution in [-0.2, 0) is 14.4 Å². The number of carbonyl (C=O) groups is 4. The predicted octanol–water partition coefficient (Wildman–Crippen LogP) is 1.52. The van der Waals surface area contributed by atoms with Crippen LogP contribution >= 0.6 is 11.6 Å². The standard InChI is InChI=1S/C26H27ClN8O5/c1-34-10-12-35(13-11-34)23(37)15-21(25(38)28-19-6-2-16(3-7-19)26(39)40)29-22(36)9-4-17-14-18(27)5-8-20(17)24-30-32-33-31-24/h2-9,14,21H,10-13,15H2,1H3,(H,28,38)(H,29,36)(H,39,40)(H,30,31,32,33)/b9-4+/t21-/m0/s1. The fraction of sp³-hybridized carbons (Fsp3) is 0.269. The predicted molar refractivity (Wildman–Crippen MR) is 146 cm³/mol. The summed E-state index contributed by atoms with van der Waals surface area (Å²) >= 11 is 6.13. The van der Waals surface area contributed by atoms with Crippen molar-refractivity contribution in [2.75, 3.05) is 38.5 Å². The highest BCUT2D eigenvalue weighted by molar-refractivity contribution is 6.30. The van der Waals surface area contributed by atoms with Gasteiger partial charge in [0.25, 0.3) is 0 Å². The number of likely N-dealkylation sites (N-methyl/N-ethyl adjacent to an activating group) is 1. The number of nitrogens with zero attached hydrogens (tertiary/aromatic N) is 5. The molecule has 2 aromatic carbocycles. The van der Waals surface area contributed by atoms with E-state index >= 15 is 0 Å². The summed E-state index contributed by atoms with van der Waals surface area (Å²) < 4.78 is 0. The van der Waals surface area contributed by atoms with Crippen LogP contribution in [0.15, 0.2) is 48.5 Å². The van der Waals surface area contributed by atoms with E-state index in [-0.39, 0.29) is 17.9 Å². The monoisotopic (exact) mass is 566 g/mol. The minimum Gasteiger partial charge on any atom is -0.478 e. The van der Waals surface area contributed by atoms with E-state index in [2.05, 4.69) is 36.2 Å². The highest BCUT2D eigenvalue weighted by atomic mass is 35.5. The summed E-state index contributed by atoms with van der Waals surface area (Å²) in [6.45, 7) is 2.44. The largest absolute Gasteiger partial charge is 0.478 e. The van der Waals surface area contributed by atoms with Gasteiger partial charge in [-0.05, 0) is 66.4 Å². The summed E-state index contributed by atoms with van der Waals surface area (Å²) in [6, 6.07) is 9.32. The Morgan fingerprint density at radius 2 is 1.82 bits per heavy atom. The number of benzene rings is 2. The first-order chi connectivity index (χ1) is 19.2. The third kappa shape index (κ3) is 7.48. The molecule has 3 amide bonds. The number of H-pyrrole nitrogens is 1. The molecule has 4 N–H and O–H groups in total. The summed E-state index contributed by atoms with van der Waals surface area (Å²) in [7, 11) is 1.96. The number of piperazine rings is 1. The highest BCUT2D eigenvalue weighted by Crippen LogP contribution is 2.24. The first-order valence-corrected chi connectivity index (χ1v) is 12.7. The summed E-state index contributed by atoms with van der Waals surface area (Å²) in [5.41, 5.74) is 1.49. The fourth-order valence-electron chi connectivity index (χ4n) is 4.03. The van der Waals surface area contributed by atoms with Gasteiger partial charge in [0.2, 0.25) is 23.5 Å². The zero-order valence-corrected chi connectivity index (χ0v) is 22.3. The molecule has 0 spiro atoms. The van der Waals surface area contributed by atoms with Crippen LogP contribution in [0.4, 0.5) is 5.69 Å². The fourth-order valence-corrected chi connectivity index (χ4v) is 4.21. The normalized spacial score (nSPS) is 14.6. The molecule has 1 saturated heterocycles. The van der Waals surface area contributed by atoms with E-state index in [1.165, 1.54) is 36.4 Å². The van der Waals surface area contributed by atoms with E-state index in [0.717, 1.165) is 0 Å². The average Bonchev–Trinajstić information content (AvgIpc) is 3.47. The van der Waals surface area contributed by atoms with Crippen molar-refractivity contribution in [3.8, 4) is 11.4 Å². The molecule has 13 nitrogen and oxygen atoms in total. The van der Waals surface area contributed by atoms with Crippen LogP contribution in [0.25, 0.3) is 17.5 Å². The van der Waals surface area contributed by atoms with Gasteiger partial charge in [-0.25, -0.2) is 4.79 Å². The molecule has 4 rings (SSSR count). The molecule has 40 heavy (non-hydrogen) atoms. The lowest BCUT2D eigenvalue weighted by molar-refractivity contribution is -0.135. The molecule has 1 aliphatic heterocycles. The van der Waals surface area contributed by atoms with Gasteiger partial charge < -0.3 is 25.5 Å². The third-order valence-corrected chi connectivity index (χ3v) is 6.52. The minimum atomic E-state index is -1.19. The maximum absolute atomic E-state index is 13.2. The Balaban J connectivity index is 1.50. The molecule has 14 heteroatoms. The van der Waals surface area contributed by atoms with E-state index in [4.69, 9.17) is 16.7 Å². The molecule has 0 bridgehead atoms. The van der Waals surface area contributed by atoms with Crippen LogP contribution in [0.5, 0.6) is 0 Å². The summed E-state index contributed by atoms with van der Waals surface area (Å²) in [4.78, 5) is 54.0. The van der Waals surface area contributed by atoms with Gasteiger partial charge in [0.1, 0.15) is 6.04 Å². The van der Waals surface area contributed by atoms with Gasteiger partial charge in [0.15, 0.2) is 0 Å². The lowest BCUT2D eigenvalue weighted by Crippen LogP contribution is -2.51. The third-order valence-electron chi connectivity index (χ3n) is 6.28. The molecule has 208 valence electrons. The van der Waals surface area contributed by atoms with E-state index in [0.29, 0.717) is 53.8 Å². The van der Waals surface area contributed by atoms with Crippen molar-refractivity contribution < 1.29 is 24.3 Å². The number of aromatic carboxylic acids is 1. The number of tetrazole rings is 1. The number of carbonyl (C=O) groups excluding carboxylic acids is 3. The number of aromatic amines is 1. The molecule has 0 radical (unpaired) electrons. The molecular weight excluding hydrogens is 540 g/mol. The highest BCUT2D eigenvalue weighted by Gasteiger charge is 2.27. The molecule has 1 aromatic heterocycles. The number of hydrogen-bond acceptors (Lipinski definition) is 8. The second-order valence-corrected chi connectivity index (χ2v) is 9.56. The van der Waals surface area contributed by atoms with Gasteiger partial charge in [-0.1, -0.05) is 11.6 Å². The van der Waals surface area contributed by atoms with Crippen molar-refractivity contribution >= 4 is 47.1 Å². The van der Waals surface area contributed by atoms with Crippen LogP contribution in [0.2, 0.25) is 5.02 Å². The second-order valence-electron chi connectivity index (χ2n) is 9.12. The molecule has 3 aromatic rings. The Morgan fingerprint density at radius 1 is 1.10 bits per heavy atom. The molecule has 1 aliphatic rings. The topological polar surface area (TPSA) is 174 Å². The Labute approximate surface area is 234 Å². The zero-order valence-electron chi connectivity index (χ0n) is 21.5. The van der Waals surface area contributed by atoms with Crippen LogP contribution in [0.3, 0.4) is 0 Å². The number of aromatic nitrogens is 4. The Morgan fingerprint density at radius 3 is 2.48 bits per heavy atom. The first-order valence-electron chi connectivity index (χ1n) is 12.3. The number of nitrogens with one attached hydrogen (secondary N) is 3. The SMILES string of the molecule is CN1CCN(C(=O)C[C@H](NC(=O)/C=C/c2cc(Cl)ccc2-c2nn[nH]n2)C(=O)Nc2ccc(C(=O)O)cc2)CC1. The molecule has 2 heterocycles. The Kier molecular flexibility index (Phi) is 9.19. The molecule has 1 atom stereocenters. The number of carboxylic acid groups (broad SMARTS) is 1. The van der Waals surface area contributed by atoms with E-state index in [1.807, 2.05) is 7.05 Å². The lowest BCUT2D eigenvalue weighted by Gasteiger charge is -2.33. The smallest absolute Gasteiger partial charge is 0.335 e. The van der Waals surface area contributed by atoms with Crippen LogP contribution in [-0.4, -0.2) is 98.5 Å². The summed E-state index contributed by atoms with van der Waals surface area (Å²) in [6.07, 6.45) is 2.46. The molecule has 0 unspecified atom stereocenters. The molecule has 0 aliphatic carbocycles. The maximum atomic E-state index is 13.2. The van der Waals surface area contributed by atoms with Gasteiger partial charge >= 0.3 is 5.97 Å². The first kappa shape index (κ1) is 28.4. The average molecular weight is 567 g/mol. The summed E-state index contributed by atoms with van der Waals surface area (Å²) in [5, 5.41) is 28.6. The molecule has 0 saturated carbocycles. The number of hydrogen-bond donors (Lipinski definition) is 4. The molecular formula is C26H27ClN8O5. The number of amides is 3. The second kappa shape index (κ2) is 13.0. The van der Waals surface area contributed by atoms with Gasteiger partial charge in [-0.15, -0.1) is 10.2 Å². The van der Waals surface area contributed by atoms with Crippen molar-refractivity contribution in [1.29, 1.82) is 0 Å². The summed E-state index contributed by atoms with van der Waals surface area (Å²) in [5.74, 6) is -2.31. The van der Waals surface area contributed by atoms with Crippen LogP contribution in [0, 0.1) is 0 Å². The lowest BCUT2D eigenvalue weighted by atomic mass is 10.1. The van der Waals surface area contributed by atoms with Gasteiger partial charge in [-0.3, -0.25) is 14.4 Å². The van der Waals surface area contributed by atoms with E-state index in [9.17, 15) is 19.2 Å². The number of carboxylic acids is 1. The van der Waals surface area contributed by atoms with Gasteiger partial charge in [0, 0.05) is 48.5 Å². The van der Waals surface area contributed by atoms with E-state index in [1.54, 1.807) is 23.1 Å². The quantitative estimate of drug-likeness (QED) is 0.280. The van der Waals surface area contributed by atoms with E-state index < -0.39 is 23.8 Å². The van der Waals surface area contributed by atoms with Crippen molar-refractivity contribution in [1.82, 2.24) is 35.7 Å². The van der Waals surface area contributed by atoms with Crippen molar-refractivity contribution in [2.24, 2.45) is 0 Å². The molecule has 1 fully saturated rings.